The van der Waals surface area contributed by atoms with Gasteiger partial charge in [0.2, 0.25) is 0 Å². The molecule has 0 aromatic rings. The van der Waals surface area contributed by atoms with Gasteiger partial charge in [-0.25, -0.2) is 0 Å². The van der Waals surface area contributed by atoms with Crippen LogP contribution in [0.3, 0.4) is 0 Å². The predicted octanol–water partition coefficient (Wildman–Crippen LogP) is 2.26. The fourth-order valence-corrected chi connectivity index (χ4v) is 3.45. The van der Waals surface area contributed by atoms with Crippen LogP contribution in [0.1, 0.15) is 44.9 Å². The van der Waals surface area contributed by atoms with Gasteiger partial charge in [0, 0.05) is 19.1 Å². The van der Waals surface area contributed by atoms with E-state index in [1.165, 1.54) is 58.3 Å². The molecule has 1 N–H and O–H groups in total. The summed E-state index contributed by atoms with van der Waals surface area (Å²) in [5.41, 5.74) is 0. The van der Waals surface area contributed by atoms with Crippen LogP contribution in [0, 0.1) is 0 Å². The maximum absolute atomic E-state index is 10.1. The van der Waals surface area contributed by atoms with Crippen LogP contribution in [-0.2, 0) is 0 Å². The lowest BCUT2D eigenvalue weighted by molar-refractivity contribution is 0.0834. The molecule has 2 heterocycles. The Kier molecular flexibility index (Phi) is 6.35. The lowest BCUT2D eigenvalue weighted by Crippen LogP contribution is -2.44. The second-order valence-corrected chi connectivity index (χ2v) is 6.17. The third-order valence-corrected chi connectivity index (χ3v) is 4.57. The SMILES string of the molecule is C=CCCC(O)CN1CCCC1CN1CCCCC1. The number of likely N-dealkylation sites (tertiary alicyclic amines) is 2. The van der Waals surface area contributed by atoms with E-state index in [4.69, 9.17) is 0 Å². The first-order valence-corrected chi connectivity index (χ1v) is 8.05. The smallest absolute Gasteiger partial charge is 0.0670 e. The summed E-state index contributed by atoms with van der Waals surface area (Å²) in [5.74, 6) is 0. The van der Waals surface area contributed by atoms with E-state index in [2.05, 4.69) is 16.4 Å². The molecule has 19 heavy (non-hydrogen) atoms. The van der Waals surface area contributed by atoms with Crippen molar-refractivity contribution in [3.8, 4) is 0 Å². The molecule has 2 rings (SSSR count). The molecule has 0 aromatic heterocycles. The highest BCUT2D eigenvalue weighted by Gasteiger charge is 2.28. The van der Waals surface area contributed by atoms with Crippen molar-refractivity contribution in [3.05, 3.63) is 12.7 Å². The van der Waals surface area contributed by atoms with Gasteiger partial charge in [0.25, 0.3) is 0 Å². The van der Waals surface area contributed by atoms with E-state index >= 15 is 0 Å². The number of aliphatic hydroxyl groups is 1. The Morgan fingerprint density at radius 1 is 1.16 bits per heavy atom. The number of allylic oxidation sites excluding steroid dienone is 1. The molecular weight excluding hydrogens is 236 g/mol. The number of β-amino-alcohol motifs (C(OH)–C–C–N with tert-alkyl or cyclic N) is 1. The highest BCUT2D eigenvalue weighted by atomic mass is 16.3. The van der Waals surface area contributed by atoms with Crippen LogP contribution in [0.2, 0.25) is 0 Å². The first-order chi connectivity index (χ1) is 9.29. The molecule has 3 heteroatoms. The van der Waals surface area contributed by atoms with Crippen LogP contribution in [0.15, 0.2) is 12.7 Å². The minimum absolute atomic E-state index is 0.181. The van der Waals surface area contributed by atoms with Crippen LogP contribution in [0.5, 0.6) is 0 Å². The number of hydrogen-bond donors (Lipinski definition) is 1. The summed E-state index contributed by atoms with van der Waals surface area (Å²) in [6.45, 7) is 9.53. The highest BCUT2D eigenvalue weighted by Crippen LogP contribution is 2.21. The van der Waals surface area contributed by atoms with Gasteiger partial charge >= 0.3 is 0 Å². The summed E-state index contributed by atoms with van der Waals surface area (Å²) in [7, 11) is 0. The molecule has 0 bridgehead atoms. The first-order valence-electron chi connectivity index (χ1n) is 8.05. The molecule has 0 aliphatic carbocycles. The number of hydrogen-bond acceptors (Lipinski definition) is 3. The number of rotatable bonds is 7. The van der Waals surface area contributed by atoms with E-state index in [-0.39, 0.29) is 6.10 Å². The predicted molar refractivity (Wildman–Crippen MR) is 80.3 cm³/mol. The van der Waals surface area contributed by atoms with Crippen molar-refractivity contribution in [3.63, 3.8) is 0 Å². The molecule has 0 aromatic carbocycles. The Morgan fingerprint density at radius 3 is 2.68 bits per heavy atom. The van der Waals surface area contributed by atoms with Gasteiger partial charge in [-0.05, 0) is 58.2 Å². The Hall–Kier alpha value is -0.380. The molecule has 0 spiro atoms. The van der Waals surface area contributed by atoms with Crippen molar-refractivity contribution < 1.29 is 5.11 Å². The summed E-state index contributed by atoms with van der Waals surface area (Å²) < 4.78 is 0. The highest BCUT2D eigenvalue weighted by molar-refractivity contribution is 4.84. The Morgan fingerprint density at radius 2 is 1.95 bits per heavy atom. The molecule has 2 atom stereocenters. The van der Waals surface area contributed by atoms with Gasteiger partial charge in [-0.15, -0.1) is 6.58 Å². The van der Waals surface area contributed by atoms with Crippen molar-refractivity contribution in [2.75, 3.05) is 32.7 Å². The zero-order chi connectivity index (χ0) is 13.5. The van der Waals surface area contributed by atoms with Gasteiger partial charge < -0.3 is 10.0 Å². The second-order valence-electron chi connectivity index (χ2n) is 6.17. The molecule has 2 aliphatic rings. The van der Waals surface area contributed by atoms with Gasteiger partial charge in [-0.2, -0.15) is 0 Å². The van der Waals surface area contributed by atoms with E-state index in [1.807, 2.05) is 6.08 Å². The zero-order valence-corrected chi connectivity index (χ0v) is 12.3. The number of piperidine rings is 1. The van der Waals surface area contributed by atoms with Gasteiger partial charge in [0.15, 0.2) is 0 Å². The van der Waals surface area contributed by atoms with E-state index in [0.717, 1.165) is 19.4 Å². The van der Waals surface area contributed by atoms with Crippen molar-refractivity contribution in [2.45, 2.75) is 57.1 Å². The third kappa shape index (κ3) is 4.90. The van der Waals surface area contributed by atoms with Crippen LogP contribution >= 0.6 is 0 Å². The summed E-state index contributed by atoms with van der Waals surface area (Å²) in [6.07, 6.45) is 10.3. The van der Waals surface area contributed by atoms with E-state index in [9.17, 15) is 5.11 Å². The maximum Gasteiger partial charge on any atom is 0.0670 e. The van der Waals surface area contributed by atoms with Crippen LogP contribution in [0.25, 0.3) is 0 Å². The molecule has 2 aliphatic heterocycles. The standard InChI is InChI=1S/C16H30N2O/c1-2-3-9-16(19)14-18-12-7-8-15(18)13-17-10-5-4-6-11-17/h2,15-16,19H,1,3-14H2. The second kappa shape index (κ2) is 8.03. The van der Waals surface area contributed by atoms with E-state index in [1.54, 1.807) is 0 Å². The first kappa shape index (κ1) is 15.0. The van der Waals surface area contributed by atoms with Crippen molar-refractivity contribution in [2.24, 2.45) is 0 Å². The molecule has 2 unspecified atom stereocenters. The minimum Gasteiger partial charge on any atom is -0.392 e. The topological polar surface area (TPSA) is 26.7 Å². The lowest BCUT2D eigenvalue weighted by atomic mass is 10.1. The fourth-order valence-electron chi connectivity index (χ4n) is 3.45. The summed E-state index contributed by atoms with van der Waals surface area (Å²) in [6, 6.07) is 0.677. The van der Waals surface area contributed by atoms with Crippen LogP contribution in [-0.4, -0.2) is 59.8 Å². The molecule has 0 radical (unpaired) electrons. The summed E-state index contributed by atoms with van der Waals surface area (Å²) in [5, 5.41) is 10.1. The maximum atomic E-state index is 10.1. The molecule has 2 fully saturated rings. The zero-order valence-electron chi connectivity index (χ0n) is 12.3. The van der Waals surface area contributed by atoms with Gasteiger partial charge in [-0.3, -0.25) is 4.90 Å². The Bertz CT molecular complexity index is 263. The molecule has 0 saturated carbocycles. The largest absolute Gasteiger partial charge is 0.392 e. The van der Waals surface area contributed by atoms with Gasteiger partial charge in [0.05, 0.1) is 6.10 Å². The van der Waals surface area contributed by atoms with Crippen LogP contribution < -0.4 is 0 Å². The summed E-state index contributed by atoms with van der Waals surface area (Å²) in [4.78, 5) is 5.14. The van der Waals surface area contributed by atoms with Crippen molar-refractivity contribution in [1.29, 1.82) is 0 Å². The lowest BCUT2D eigenvalue weighted by Gasteiger charge is -2.33. The van der Waals surface area contributed by atoms with Crippen molar-refractivity contribution >= 4 is 0 Å². The normalized spacial score (nSPS) is 27.5. The molecule has 110 valence electrons. The van der Waals surface area contributed by atoms with Gasteiger partial charge in [0.1, 0.15) is 0 Å². The average Bonchev–Trinajstić information content (AvgIpc) is 2.85. The monoisotopic (exact) mass is 266 g/mol. The number of aliphatic hydroxyl groups excluding tert-OH is 1. The summed E-state index contributed by atoms with van der Waals surface area (Å²) >= 11 is 0. The fraction of sp³-hybridized carbons (Fsp3) is 0.875. The van der Waals surface area contributed by atoms with Crippen molar-refractivity contribution in [1.82, 2.24) is 9.80 Å². The van der Waals surface area contributed by atoms with Gasteiger partial charge in [-0.1, -0.05) is 12.5 Å². The van der Waals surface area contributed by atoms with E-state index < -0.39 is 0 Å². The van der Waals surface area contributed by atoms with E-state index in [0.29, 0.717) is 6.04 Å². The molecule has 3 nitrogen and oxygen atoms in total. The Balaban J connectivity index is 1.74. The quantitative estimate of drug-likeness (QED) is 0.716. The minimum atomic E-state index is -0.181. The molecule has 2 saturated heterocycles. The average molecular weight is 266 g/mol. The third-order valence-electron chi connectivity index (χ3n) is 4.57. The van der Waals surface area contributed by atoms with Crippen LogP contribution in [0.4, 0.5) is 0 Å². The number of nitrogens with zero attached hydrogens (tertiary/aromatic N) is 2. The Labute approximate surface area is 118 Å². The molecular formula is C16H30N2O. The molecule has 0 amide bonds.